The summed E-state index contributed by atoms with van der Waals surface area (Å²) in [6, 6.07) is 7.02. The Bertz CT molecular complexity index is 1020. The van der Waals surface area contributed by atoms with Crippen LogP contribution in [0.3, 0.4) is 0 Å². The maximum atomic E-state index is 14.4. The maximum absolute atomic E-state index is 14.4. The predicted molar refractivity (Wildman–Crippen MR) is 91.1 cm³/mol. The van der Waals surface area contributed by atoms with Crippen molar-refractivity contribution in [2.45, 2.75) is 6.42 Å². The van der Waals surface area contributed by atoms with Crippen molar-refractivity contribution >= 4 is 22.6 Å². The fraction of sp³-hybridized carbons (Fsp3) is 0.0526. The van der Waals surface area contributed by atoms with Crippen LogP contribution in [-0.4, -0.2) is 16.7 Å². The van der Waals surface area contributed by atoms with E-state index < -0.39 is 17.5 Å². The van der Waals surface area contributed by atoms with Crippen molar-refractivity contribution in [2.75, 3.05) is 0 Å². The molecule has 0 spiro atoms. The van der Waals surface area contributed by atoms with E-state index in [-0.39, 0.29) is 23.3 Å². The number of hydrogen-bond acceptors (Lipinski definition) is 2. The fourth-order valence-electron chi connectivity index (χ4n) is 2.81. The lowest BCUT2D eigenvalue weighted by Crippen LogP contribution is -2.11. The number of primary amides is 1. The van der Waals surface area contributed by atoms with Gasteiger partial charge in [0.25, 0.3) is 5.91 Å². The first kappa shape index (κ1) is 16.6. The van der Waals surface area contributed by atoms with Crippen molar-refractivity contribution in [3.05, 3.63) is 71.9 Å². The van der Waals surface area contributed by atoms with Crippen molar-refractivity contribution in [3.8, 4) is 11.1 Å². The molecule has 0 aliphatic carbocycles. The zero-order valence-corrected chi connectivity index (χ0v) is 13.1. The van der Waals surface area contributed by atoms with Gasteiger partial charge in [0.2, 0.25) is 0 Å². The number of fused-ring (bicyclic) bond motifs is 1. The molecule has 126 valence electrons. The van der Waals surface area contributed by atoms with E-state index in [0.717, 1.165) is 12.1 Å². The van der Waals surface area contributed by atoms with Gasteiger partial charge >= 0.3 is 0 Å². The Balaban J connectivity index is 2.23. The number of ketones is 1. The number of amides is 1. The molecule has 0 atom stereocenters. The molecule has 25 heavy (non-hydrogen) atoms. The third-order valence-electron chi connectivity index (χ3n) is 3.97. The number of carbonyl (C=O) groups excluding carboxylic acids is 2. The number of nitrogens with one attached hydrogen (secondary N) is 1. The van der Waals surface area contributed by atoms with Crippen molar-refractivity contribution in [1.82, 2.24) is 4.98 Å². The zero-order valence-electron chi connectivity index (χ0n) is 13.1. The number of halogens is 2. The molecule has 0 radical (unpaired) electrons. The van der Waals surface area contributed by atoms with Crippen molar-refractivity contribution in [1.29, 1.82) is 0 Å². The molecule has 1 heterocycles. The summed E-state index contributed by atoms with van der Waals surface area (Å²) in [5.74, 6) is -3.00. The first-order valence-corrected chi connectivity index (χ1v) is 7.45. The summed E-state index contributed by atoms with van der Waals surface area (Å²) in [7, 11) is 0. The van der Waals surface area contributed by atoms with E-state index in [0.29, 0.717) is 22.0 Å². The topological polar surface area (TPSA) is 76.0 Å². The minimum absolute atomic E-state index is 0.00693. The number of H-pyrrole nitrogens is 1. The van der Waals surface area contributed by atoms with E-state index in [4.69, 9.17) is 5.73 Å². The van der Waals surface area contributed by atoms with Crippen LogP contribution in [0, 0.1) is 11.6 Å². The molecule has 1 aromatic heterocycles. The molecule has 0 unspecified atom stereocenters. The van der Waals surface area contributed by atoms with Gasteiger partial charge in [-0.3, -0.25) is 9.59 Å². The number of rotatable bonds is 5. The van der Waals surface area contributed by atoms with Gasteiger partial charge in [-0.2, -0.15) is 0 Å². The average molecular weight is 340 g/mol. The SMILES string of the molecule is C=CC(=O)Cc1cc(F)c(F)c(-c2ccc(C(N)=O)c3[nH]ccc23)c1. The van der Waals surface area contributed by atoms with Gasteiger partial charge in [0, 0.05) is 23.6 Å². The summed E-state index contributed by atoms with van der Waals surface area (Å²) in [4.78, 5) is 25.9. The average Bonchev–Trinajstić information content (AvgIpc) is 3.06. The number of aromatic nitrogens is 1. The van der Waals surface area contributed by atoms with Gasteiger partial charge in [-0.15, -0.1) is 0 Å². The van der Waals surface area contributed by atoms with E-state index >= 15 is 0 Å². The van der Waals surface area contributed by atoms with Crippen LogP contribution in [0.4, 0.5) is 8.78 Å². The van der Waals surface area contributed by atoms with Crippen LogP contribution in [-0.2, 0) is 11.2 Å². The Morgan fingerprint density at radius 3 is 2.60 bits per heavy atom. The second-order valence-electron chi connectivity index (χ2n) is 5.58. The number of nitrogens with two attached hydrogens (primary N) is 1. The molecule has 0 saturated carbocycles. The van der Waals surface area contributed by atoms with Crippen molar-refractivity contribution in [2.24, 2.45) is 5.73 Å². The highest BCUT2D eigenvalue weighted by molar-refractivity contribution is 6.09. The summed E-state index contributed by atoms with van der Waals surface area (Å²) in [5, 5.41) is 0.529. The molecule has 0 aliphatic heterocycles. The van der Waals surface area contributed by atoms with Gasteiger partial charge in [-0.25, -0.2) is 8.78 Å². The standard InChI is InChI=1S/C19H14F2N2O2/c1-2-11(24)7-10-8-15(17(21)16(20)9-10)12-3-4-14(19(22)25)18-13(12)5-6-23-18/h2-6,8-9,23H,1,7H2,(H2,22,25). The first-order chi connectivity index (χ1) is 11.9. The third-order valence-corrected chi connectivity index (χ3v) is 3.97. The van der Waals surface area contributed by atoms with Gasteiger partial charge in [0.15, 0.2) is 17.4 Å². The van der Waals surface area contributed by atoms with Gasteiger partial charge < -0.3 is 10.7 Å². The Morgan fingerprint density at radius 1 is 1.16 bits per heavy atom. The molecule has 1 amide bonds. The highest BCUT2D eigenvalue weighted by atomic mass is 19.2. The molecule has 3 rings (SSSR count). The molecule has 4 nitrogen and oxygen atoms in total. The first-order valence-electron chi connectivity index (χ1n) is 7.45. The van der Waals surface area contributed by atoms with Crippen molar-refractivity contribution in [3.63, 3.8) is 0 Å². The Hall–Kier alpha value is -3.28. The molecule has 0 saturated heterocycles. The minimum Gasteiger partial charge on any atom is -0.366 e. The summed E-state index contributed by atoms with van der Waals surface area (Å²) in [6.07, 6.45) is 2.64. The molecular weight excluding hydrogens is 326 g/mol. The normalized spacial score (nSPS) is 10.8. The summed E-state index contributed by atoms with van der Waals surface area (Å²) >= 11 is 0. The van der Waals surface area contributed by atoms with Crippen LogP contribution >= 0.6 is 0 Å². The molecule has 3 N–H and O–H groups in total. The number of allylic oxidation sites excluding steroid dienone is 1. The quantitative estimate of drug-likeness (QED) is 0.697. The van der Waals surface area contributed by atoms with Crippen molar-refractivity contribution < 1.29 is 18.4 Å². The number of carbonyl (C=O) groups is 2. The lowest BCUT2D eigenvalue weighted by Gasteiger charge is -2.10. The Kier molecular flexibility index (Phi) is 4.19. The summed E-state index contributed by atoms with van der Waals surface area (Å²) in [5.41, 5.74) is 6.77. The molecular formula is C19H14F2N2O2. The zero-order chi connectivity index (χ0) is 18.1. The Labute approximate surface area is 142 Å². The van der Waals surface area contributed by atoms with E-state index in [1.54, 1.807) is 12.3 Å². The predicted octanol–water partition coefficient (Wildman–Crippen LogP) is 3.51. The highest BCUT2D eigenvalue weighted by Gasteiger charge is 2.18. The van der Waals surface area contributed by atoms with Crippen LogP contribution < -0.4 is 5.73 Å². The molecule has 6 heteroatoms. The van der Waals surface area contributed by atoms with E-state index in [1.165, 1.54) is 18.2 Å². The van der Waals surface area contributed by atoms with Gasteiger partial charge in [-0.05, 0) is 41.5 Å². The van der Waals surface area contributed by atoms with Gasteiger partial charge in [0.05, 0.1) is 11.1 Å². The van der Waals surface area contributed by atoms with Crippen LogP contribution in [0.2, 0.25) is 0 Å². The van der Waals surface area contributed by atoms with Crippen LogP contribution in [0.5, 0.6) is 0 Å². The largest absolute Gasteiger partial charge is 0.366 e. The minimum atomic E-state index is -1.05. The fourth-order valence-corrected chi connectivity index (χ4v) is 2.81. The molecule has 3 aromatic rings. The van der Waals surface area contributed by atoms with Gasteiger partial charge in [0.1, 0.15) is 0 Å². The van der Waals surface area contributed by atoms with Crippen LogP contribution in [0.25, 0.3) is 22.0 Å². The summed E-state index contributed by atoms with van der Waals surface area (Å²) in [6.45, 7) is 3.37. The monoisotopic (exact) mass is 340 g/mol. The number of hydrogen-bond donors (Lipinski definition) is 2. The third kappa shape index (κ3) is 2.94. The lowest BCUT2D eigenvalue weighted by molar-refractivity contribution is -0.114. The van der Waals surface area contributed by atoms with Crippen LogP contribution in [0.15, 0.2) is 49.2 Å². The maximum Gasteiger partial charge on any atom is 0.250 e. The van der Waals surface area contributed by atoms with E-state index in [1.807, 2.05) is 0 Å². The molecule has 0 aliphatic rings. The number of aromatic amines is 1. The molecule has 0 fully saturated rings. The van der Waals surface area contributed by atoms with Gasteiger partial charge in [-0.1, -0.05) is 12.6 Å². The van der Waals surface area contributed by atoms with E-state index in [2.05, 4.69) is 11.6 Å². The smallest absolute Gasteiger partial charge is 0.250 e. The molecule has 2 aromatic carbocycles. The second kappa shape index (κ2) is 6.32. The number of benzene rings is 2. The lowest BCUT2D eigenvalue weighted by atomic mass is 9.95. The van der Waals surface area contributed by atoms with E-state index in [9.17, 15) is 18.4 Å². The highest BCUT2D eigenvalue weighted by Crippen LogP contribution is 2.33. The van der Waals surface area contributed by atoms with Crippen LogP contribution in [0.1, 0.15) is 15.9 Å². The second-order valence-corrected chi connectivity index (χ2v) is 5.58. The molecule has 0 bridgehead atoms. The Morgan fingerprint density at radius 2 is 1.92 bits per heavy atom. The summed E-state index contributed by atoms with van der Waals surface area (Å²) < 4.78 is 28.4.